The zero-order valence-electron chi connectivity index (χ0n) is 13.1. The van der Waals surface area contributed by atoms with E-state index in [0.717, 1.165) is 6.26 Å². The lowest BCUT2D eigenvalue weighted by atomic mass is 10.0. The van der Waals surface area contributed by atoms with E-state index in [1.165, 1.54) is 12.1 Å². The van der Waals surface area contributed by atoms with Gasteiger partial charge in [0.1, 0.15) is 5.52 Å². The van der Waals surface area contributed by atoms with Crippen molar-refractivity contribution in [1.82, 2.24) is 4.98 Å². The molecule has 124 valence electrons. The molecule has 1 atom stereocenters. The third-order valence-electron chi connectivity index (χ3n) is 3.81. The SMILES string of the molecule is CC(C(=O)O)c1ccc2oc(-c3ccc(S(C)(=O)=O)cc3)nc2c1. The van der Waals surface area contributed by atoms with Crippen LogP contribution in [0, 0.1) is 0 Å². The first kappa shape index (κ1) is 16.2. The van der Waals surface area contributed by atoms with E-state index in [2.05, 4.69) is 4.98 Å². The number of rotatable bonds is 4. The molecule has 0 aliphatic rings. The zero-order valence-corrected chi connectivity index (χ0v) is 13.9. The van der Waals surface area contributed by atoms with E-state index < -0.39 is 21.7 Å². The number of benzene rings is 2. The van der Waals surface area contributed by atoms with Gasteiger partial charge in [0.05, 0.1) is 10.8 Å². The number of nitrogens with zero attached hydrogens (tertiary/aromatic N) is 1. The van der Waals surface area contributed by atoms with Crippen LogP contribution in [-0.2, 0) is 14.6 Å². The van der Waals surface area contributed by atoms with Crippen LogP contribution in [0.1, 0.15) is 18.4 Å². The van der Waals surface area contributed by atoms with E-state index >= 15 is 0 Å². The fraction of sp³-hybridized carbons (Fsp3) is 0.176. The van der Waals surface area contributed by atoms with Gasteiger partial charge in [0.25, 0.3) is 0 Å². The molecule has 0 amide bonds. The Morgan fingerprint density at radius 3 is 2.42 bits per heavy atom. The van der Waals surface area contributed by atoms with E-state index in [1.54, 1.807) is 37.3 Å². The van der Waals surface area contributed by atoms with Crippen LogP contribution in [0.25, 0.3) is 22.6 Å². The molecule has 0 fully saturated rings. The van der Waals surface area contributed by atoms with Crippen molar-refractivity contribution in [3.63, 3.8) is 0 Å². The lowest BCUT2D eigenvalue weighted by Crippen LogP contribution is -2.06. The van der Waals surface area contributed by atoms with E-state index in [4.69, 9.17) is 9.52 Å². The van der Waals surface area contributed by atoms with Gasteiger partial charge in [-0.05, 0) is 48.9 Å². The quantitative estimate of drug-likeness (QED) is 0.780. The largest absolute Gasteiger partial charge is 0.481 e. The lowest BCUT2D eigenvalue weighted by Gasteiger charge is -2.04. The highest BCUT2D eigenvalue weighted by molar-refractivity contribution is 7.90. The topological polar surface area (TPSA) is 97.5 Å². The number of aromatic nitrogens is 1. The first-order chi connectivity index (χ1) is 11.3. The molecule has 0 saturated carbocycles. The molecule has 7 heteroatoms. The second kappa shape index (κ2) is 5.76. The van der Waals surface area contributed by atoms with Crippen LogP contribution >= 0.6 is 0 Å². The van der Waals surface area contributed by atoms with Gasteiger partial charge in [0, 0.05) is 11.8 Å². The molecule has 0 saturated heterocycles. The Balaban J connectivity index is 2.00. The maximum Gasteiger partial charge on any atom is 0.310 e. The second-order valence-corrected chi connectivity index (χ2v) is 7.62. The summed E-state index contributed by atoms with van der Waals surface area (Å²) < 4.78 is 28.6. The van der Waals surface area contributed by atoms with Gasteiger partial charge in [-0.3, -0.25) is 4.79 Å². The third kappa shape index (κ3) is 3.03. The van der Waals surface area contributed by atoms with Crippen molar-refractivity contribution in [2.75, 3.05) is 6.26 Å². The van der Waals surface area contributed by atoms with Crippen LogP contribution in [-0.4, -0.2) is 30.7 Å². The fourth-order valence-electron chi connectivity index (χ4n) is 2.32. The van der Waals surface area contributed by atoms with E-state index in [-0.39, 0.29) is 4.90 Å². The summed E-state index contributed by atoms with van der Waals surface area (Å²) in [7, 11) is -3.26. The van der Waals surface area contributed by atoms with E-state index in [0.29, 0.717) is 28.1 Å². The number of carboxylic acid groups (broad SMARTS) is 1. The van der Waals surface area contributed by atoms with Crippen molar-refractivity contribution in [3.8, 4) is 11.5 Å². The molecule has 1 unspecified atom stereocenters. The van der Waals surface area contributed by atoms with Crippen molar-refractivity contribution in [3.05, 3.63) is 48.0 Å². The lowest BCUT2D eigenvalue weighted by molar-refractivity contribution is -0.138. The average molecular weight is 345 g/mol. The van der Waals surface area contributed by atoms with Crippen molar-refractivity contribution in [2.45, 2.75) is 17.7 Å². The summed E-state index contributed by atoms with van der Waals surface area (Å²) in [4.78, 5) is 15.7. The van der Waals surface area contributed by atoms with Gasteiger partial charge >= 0.3 is 5.97 Å². The highest BCUT2D eigenvalue weighted by atomic mass is 32.2. The van der Waals surface area contributed by atoms with Gasteiger partial charge in [0.2, 0.25) is 5.89 Å². The number of oxazole rings is 1. The normalized spacial score (nSPS) is 13.1. The number of carbonyl (C=O) groups is 1. The minimum Gasteiger partial charge on any atom is -0.481 e. The molecule has 1 aromatic heterocycles. The molecule has 24 heavy (non-hydrogen) atoms. The molecular weight excluding hydrogens is 330 g/mol. The van der Waals surface area contributed by atoms with E-state index in [1.807, 2.05) is 0 Å². The minimum absolute atomic E-state index is 0.222. The molecule has 1 N–H and O–H groups in total. The van der Waals surface area contributed by atoms with Crippen molar-refractivity contribution < 1.29 is 22.7 Å². The molecular formula is C17H15NO5S. The Morgan fingerprint density at radius 1 is 1.17 bits per heavy atom. The summed E-state index contributed by atoms with van der Waals surface area (Å²) in [6.45, 7) is 1.61. The van der Waals surface area contributed by atoms with E-state index in [9.17, 15) is 13.2 Å². The van der Waals surface area contributed by atoms with Crippen LogP contribution < -0.4 is 0 Å². The Labute approximate surface area is 138 Å². The third-order valence-corrected chi connectivity index (χ3v) is 4.94. The van der Waals surface area contributed by atoms with Crippen molar-refractivity contribution >= 4 is 26.9 Å². The second-order valence-electron chi connectivity index (χ2n) is 5.60. The van der Waals surface area contributed by atoms with Crippen LogP contribution in [0.3, 0.4) is 0 Å². The monoisotopic (exact) mass is 345 g/mol. The highest BCUT2D eigenvalue weighted by Crippen LogP contribution is 2.27. The van der Waals surface area contributed by atoms with Gasteiger partial charge in [-0.2, -0.15) is 0 Å². The molecule has 3 rings (SSSR count). The molecule has 0 bridgehead atoms. The summed E-state index contributed by atoms with van der Waals surface area (Å²) in [6, 6.07) is 11.3. The summed E-state index contributed by atoms with van der Waals surface area (Å²) in [5.74, 6) is -1.19. The zero-order chi connectivity index (χ0) is 17.5. The molecule has 1 heterocycles. The van der Waals surface area contributed by atoms with Gasteiger partial charge in [-0.25, -0.2) is 13.4 Å². The predicted octanol–water partition coefficient (Wildman–Crippen LogP) is 3.09. The first-order valence-corrected chi connectivity index (χ1v) is 9.08. The van der Waals surface area contributed by atoms with Crippen LogP contribution in [0.2, 0.25) is 0 Å². The summed E-state index contributed by atoms with van der Waals surface area (Å²) >= 11 is 0. The summed E-state index contributed by atoms with van der Waals surface area (Å²) in [5.41, 5.74) is 2.38. The van der Waals surface area contributed by atoms with Gasteiger partial charge in [-0.1, -0.05) is 6.07 Å². The molecule has 2 aromatic carbocycles. The summed E-state index contributed by atoms with van der Waals surface area (Å²) in [5, 5.41) is 9.09. The van der Waals surface area contributed by atoms with Crippen LogP contribution in [0.5, 0.6) is 0 Å². The Kier molecular flexibility index (Phi) is 3.88. The van der Waals surface area contributed by atoms with Crippen molar-refractivity contribution in [2.24, 2.45) is 0 Å². The van der Waals surface area contributed by atoms with Crippen molar-refractivity contribution in [1.29, 1.82) is 0 Å². The molecule has 0 aliphatic carbocycles. The Morgan fingerprint density at radius 2 is 1.83 bits per heavy atom. The molecule has 0 radical (unpaired) electrons. The standard InChI is InChI=1S/C17H15NO5S/c1-10(17(19)20)12-5-8-15-14(9-12)18-16(23-15)11-3-6-13(7-4-11)24(2,21)22/h3-10H,1-2H3,(H,19,20). The average Bonchev–Trinajstić information content (AvgIpc) is 2.96. The van der Waals surface area contributed by atoms with Gasteiger partial charge in [-0.15, -0.1) is 0 Å². The van der Waals surface area contributed by atoms with Crippen LogP contribution in [0.4, 0.5) is 0 Å². The highest BCUT2D eigenvalue weighted by Gasteiger charge is 2.16. The number of carboxylic acids is 1. The predicted molar refractivity (Wildman–Crippen MR) is 88.6 cm³/mol. The van der Waals surface area contributed by atoms with Crippen LogP contribution in [0.15, 0.2) is 51.8 Å². The number of hydrogen-bond donors (Lipinski definition) is 1. The summed E-state index contributed by atoms with van der Waals surface area (Å²) in [6.07, 6.45) is 1.15. The molecule has 0 spiro atoms. The maximum absolute atomic E-state index is 11.5. The number of fused-ring (bicyclic) bond motifs is 1. The van der Waals surface area contributed by atoms with Gasteiger partial charge in [0.15, 0.2) is 15.4 Å². The smallest absolute Gasteiger partial charge is 0.310 e. The molecule has 3 aromatic rings. The molecule has 6 nitrogen and oxygen atoms in total. The minimum atomic E-state index is -3.26. The van der Waals surface area contributed by atoms with Gasteiger partial charge < -0.3 is 9.52 Å². The Bertz CT molecular complexity index is 1020. The number of aliphatic carboxylic acids is 1. The molecule has 0 aliphatic heterocycles. The first-order valence-electron chi connectivity index (χ1n) is 7.19. The number of sulfone groups is 1. The number of hydrogen-bond acceptors (Lipinski definition) is 5. The fourth-order valence-corrected chi connectivity index (χ4v) is 2.96. The Hall–Kier alpha value is -2.67. The maximum atomic E-state index is 11.5.